The van der Waals surface area contributed by atoms with E-state index in [1.807, 2.05) is 16.7 Å². The molecule has 4 aliphatic heterocycles. The number of hydrogen-bond acceptors (Lipinski definition) is 7. The van der Waals surface area contributed by atoms with Gasteiger partial charge < -0.3 is 9.66 Å². The molecule has 1 aromatic carbocycles. The molecule has 1 spiro atoms. The summed E-state index contributed by atoms with van der Waals surface area (Å²) < 4.78 is 39.0. The van der Waals surface area contributed by atoms with Gasteiger partial charge in [0, 0.05) is 11.1 Å². The topological polar surface area (TPSA) is 97.5 Å². The number of carbonyl (C=O) groups is 1. The molecule has 0 aliphatic carbocycles. The van der Waals surface area contributed by atoms with Crippen LogP contribution in [0.15, 0.2) is 44.1 Å². The Bertz CT molecular complexity index is 1220. The minimum atomic E-state index is -4.55. The number of fused-ring (bicyclic) bond motifs is 3. The lowest BCUT2D eigenvalue weighted by molar-refractivity contribution is -0.523. The van der Waals surface area contributed by atoms with Crippen molar-refractivity contribution in [2.24, 2.45) is 0 Å². The molecule has 164 valence electrons. The van der Waals surface area contributed by atoms with Crippen molar-refractivity contribution in [3.63, 3.8) is 0 Å². The van der Waals surface area contributed by atoms with Gasteiger partial charge in [-0.15, -0.1) is 0 Å². The van der Waals surface area contributed by atoms with Crippen LogP contribution in [0.5, 0.6) is 0 Å². The zero-order chi connectivity index (χ0) is 22.1. The summed E-state index contributed by atoms with van der Waals surface area (Å²) in [5.74, 6) is -0.942. The van der Waals surface area contributed by atoms with Gasteiger partial charge in [0.2, 0.25) is 17.0 Å². The maximum atomic E-state index is 12.1. The third-order valence-electron chi connectivity index (χ3n) is 5.72. The largest absolute Gasteiger partial charge is 0.743 e. The first-order valence-electron chi connectivity index (χ1n) is 9.18. The number of hydrogen-bond donors (Lipinski definition) is 1. The molecule has 5 rings (SSSR count). The minimum absolute atomic E-state index is 0.0607. The molecule has 13 heteroatoms. The molecule has 4 aliphatic rings. The van der Waals surface area contributed by atoms with Gasteiger partial charge in [-0.2, -0.15) is 4.58 Å². The first-order valence-corrected chi connectivity index (χ1v) is 14.4. The fraction of sp³-hybridized carbons (Fsp3) is 0.333. The molecule has 0 bridgehead atoms. The van der Waals surface area contributed by atoms with Crippen LogP contribution in [-0.4, -0.2) is 62.8 Å². The van der Waals surface area contributed by atoms with Crippen molar-refractivity contribution in [2.45, 2.75) is 27.3 Å². The smallest absolute Gasteiger partial charge is 0.369 e. The molecule has 1 aromatic rings. The number of carboxylic acids is 1. The number of rotatable bonds is 4. The van der Waals surface area contributed by atoms with E-state index >= 15 is 0 Å². The highest BCUT2D eigenvalue weighted by atomic mass is 79.9. The van der Waals surface area contributed by atoms with E-state index in [1.165, 1.54) is 11.8 Å². The van der Waals surface area contributed by atoms with Gasteiger partial charge in [0.05, 0.1) is 27.8 Å². The van der Waals surface area contributed by atoms with Crippen molar-refractivity contribution in [3.05, 3.63) is 44.2 Å². The number of thioether (sulfide) groups is 3. The fourth-order valence-electron chi connectivity index (χ4n) is 4.37. The molecule has 7 nitrogen and oxygen atoms in total. The SMILES string of the molecule is O=C(O)C[N+]1=C(C=C2Sc3ccc(Cl)cc3[N+]23CCC3S(=O)(=O)[O-])SC2C=C(Br)SC21. The molecule has 0 aromatic heterocycles. The summed E-state index contributed by atoms with van der Waals surface area (Å²) in [7, 11) is -4.55. The predicted octanol–water partition coefficient (Wildman–Crippen LogP) is 3.79. The lowest BCUT2D eigenvalue weighted by Crippen LogP contribution is -2.67. The Hall–Kier alpha value is -0.470. The molecule has 31 heavy (non-hydrogen) atoms. The van der Waals surface area contributed by atoms with Crippen LogP contribution < -0.4 is 4.48 Å². The summed E-state index contributed by atoms with van der Waals surface area (Å²) >= 11 is 14.2. The number of carboxylic acid groups (broad SMARTS) is 1. The number of quaternary nitrogens is 1. The number of benzene rings is 1. The maximum absolute atomic E-state index is 12.1. The van der Waals surface area contributed by atoms with Crippen molar-refractivity contribution in [3.8, 4) is 0 Å². The van der Waals surface area contributed by atoms with Crippen molar-refractivity contribution in [2.75, 3.05) is 13.1 Å². The molecule has 0 saturated carbocycles. The van der Waals surface area contributed by atoms with Crippen molar-refractivity contribution in [1.29, 1.82) is 0 Å². The summed E-state index contributed by atoms with van der Waals surface area (Å²) in [6.45, 7) is 0.309. The van der Waals surface area contributed by atoms with Crippen molar-refractivity contribution in [1.82, 2.24) is 4.48 Å². The highest BCUT2D eigenvalue weighted by Gasteiger charge is 2.60. The molecule has 1 fully saturated rings. The summed E-state index contributed by atoms with van der Waals surface area (Å²) in [6, 6.07) is 5.31. The predicted molar refractivity (Wildman–Crippen MR) is 128 cm³/mol. The lowest BCUT2D eigenvalue weighted by atomic mass is 10.1. The average molecular weight is 583 g/mol. The Balaban J connectivity index is 1.64. The van der Waals surface area contributed by atoms with Crippen LogP contribution in [0.1, 0.15) is 6.42 Å². The van der Waals surface area contributed by atoms with Gasteiger partial charge in [-0.25, -0.2) is 17.7 Å². The zero-order valence-corrected chi connectivity index (χ0v) is 21.2. The van der Waals surface area contributed by atoms with Crippen LogP contribution >= 0.6 is 62.8 Å². The minimum Gasteiger partial charge on any atom is -0.743 e. The van der Waals surface area contributed by atoms with Gasteiger partial charge in [-0.3, -0.25) is 0 Å². The van der Waals surface area contributed by atoms with Gasteiger partial charge in [0.1, 0.15) is 5.25 Å². The summed E-state index contributed by atoms with van der Waals surface area (Å²) in [5.41, 5.74) is 0.713. The normalized spacial score (nSPS) is 32.9. The Morgan fingerprint density at radius 1 is 1.42 bits per heavy atom. The molecule has 0 radical (unpaired) electrons. The Kier molecular flexibility index (Phi) is 5.61. The van der Waals surface area contributed by atoms with Crippen LogP contribution in [0.25, 0.3) is 0 Å². The van der Waals surface area contributed by atoms with Gasteiger partial charge >= 0.3 is 5.97 Å². The second-order valence-electron chi connectivity index (χ2n) is 7.45. The van der Waals surface area contributed by atoms with E-state index < -0.39 is 21.5 Å². The van der Waals surface area contributed by atoms with E-state index in [0.717, 1.165) is 13.8 Å². The molecule has 1 N–H and O–H groups in total. The molecular formula is C18H15BrClN2O5S4+. The van der Waals surface area contributed by atoms with E-state index in [2.05, 4.69) is 22.0 Å². The first-order chi connectivity index (χ1) is 14.6. The van der Waals surface area contributed by atoms with Crippen LogP contribution in [0.4, 0.5) is 5.69 Å². The van der Waals surface area contributed by atoms with Crippen LogP contribution in [0.2, 0.25) is 5.02 Å². The van der Waals surface area contributed by atoms with Gasteiger partial charge in [0.25, 0.3) is 0 Å². The third kappa shape index (κ3) is 3.63. The first kappa shape index (κ1) is 22.3. The second-order valence-corrected chi connectivity index (χ2v) is 14.2. The second kappa shape index (κ2) is 7.79. The van der Waals surface area contributed by atoms with Crippen molar-refractivity contribution < 1.29 is 27.4 Å². The Morgan fingerprint density at radius 3 is 2.84 bits per heavy atom. The van der Waals surface area contributed by atoms with E-state index in [0.29, 0.717) is 22.3 Å². The average Bonchev–Trinajstić information content (AvgIpc) is 3.23. The maximum Gasteiger partial charge on any atom is 0.369 e. The number of halogens is 2. The Labute approximate surface area is 205 Å². The molecule has 0 amide bonds. The Morgan fingerprint density at radius 2 is 2.19 bits per heavy atom. The highest BCUT2D eigenvalue weighted by molar-refractivity contribution is 9.14. The van der Waals surface area contributed by atoms with Gasteiger partial charge in [0.15, 0.2) is 26.2 Å². The summed E-state index contributed by atoms with van der Waals surface area (Å²) in [5, 5.41) is 10.3. The molecule has 1 saturated heterocycles. The fourth-order valence-corrected chi connectivity index (χ4v) is 10.9. The monoisotopic (exact) mass is 581 g/mol. The van der Waals surface area contributed by atoms with Crippen LogP contribution in [0, 0.1) is 0 Å². The van der Waals surface area contributed by atoms with E-state index in [4.69, 9.17) is 11.6 Å². The quantitative estimate of drug-likeness (QED) is 0.325. The molecular weight excluding hydrogens is 568 g/mol. The summed E-state index contributed by atoms with van der Waals surface area (Å²) in [6.07, 6.45) is 4.19. The van der Waals surface area contributed by atoms with Gasteiger partial charge in [-0.1, -0.05) is 11.6 Å². The van der Waals surface area contributed by atoms with Crippen LogP contribution in [0.3, 0.4) is 0 Å². The molecule has 4 heterocycles. The van der Waals surface area contributed by atoms with Crippen molar-refractivity contribution >= 4 is 89.6 Å². The zero-order valence-electron chi connectivity index (χ0n) is 15.6. The van der Waals surface area contributed by atoms with Gasteiger partial charge in [-0.05, 0) is 69.4 Å². The van der Waals surface area contributed by atoms with E-state index in [9.17, 15) is 22.9 Å². The van der Waals surface area contributed by atoms with E-state index in [-0.39, 0.29) is 28.1 Å². The molecule has 4 unspecified atom stereocenters. The van der Waals surface area contributed by atoms with Crippen LogP contribution in [-0.2, 0) is 14.9 Å². The highest BCUT2D eigenvalue weighted by Crippen LogP contribution is 2.58. The third-order valence-corrected chi connectivity index (χ3v) is 11.8. The number of nitrogens with zero attached hydrogens (tertiary/aromatic N) is 2. The summed E-state index contributed by atoms with van der Waals surface area (Å²) in [4.78, 5) is 12.4. The lowest BCUT2D eigenvalue weighted by Gasteiger charge is -2.49. The number of aliphatic carboxylic acids is 1. The van der Waals surface area contributed by atoms with E-state index in [1.54, 1.807) is 35.7 Å². The standard InChI is InChI=1S/C18H14BrClN2O5S4/c19-13-6-12-18(30-13)21(8-17(23)24)14(28-12)7-15-22(4-3-16(22)31(25,26)27)10-5-9(20)1-2-11(10)29-15/h1-2,5-7,12,16,18H,3-4,8H2/p+1. The molecule has 4 atom stereocenters.